The number of rotatable bonds is 9. The normalized spacial score (nSPS) is 10.6. The van der Waals surface area contributed by atoms with Crippen LogP contribution in [0.1, 0.15) is 45.2 Å². The molecule has 7 heteroatoms. The Hall–Kier alpha value is -2.54. The van der Waals surface area contributed by atoms with Gasteiger partial charge in [-0.1, -0.05) is 19.9 Å². The molecule has 0 atom stereocenters. The molecule has 0 spiro atoms. The van der Waals surface area contributed by atoms with Crippen molar-refractivity contribution in [1.82, 2.24) is 5.32 Å². The van der Waals surface area contributed by atoms with Gasteiger partial charge in [0.1, 0.15) is 4.88 Å². The number of benzene rings is 1. The summed E-state index contributed by atoms with van der Waals surface area (Å²) in [6.45, 7) is 5.26. The molecule has 0 unspecified atom stereocenters. The van der Waals surface area contributed by atoms with Crippen molar-refractivity contribution < 1.29 is 23.8 Å². The van der Waals surface area contributed by atoms with Gasteiger partial charge in [0.05, 0.1) is 25.7 Å². The molecule has 1 N–H and O–H groups in total. The highest BCUT2D eigenvalue weighted by atomic mass is 32.1. The number of methoxy groups -OCH3 is 2. The van der Waals surface area contributed by atoms with Crippen LogP contribution < -0.4 is 14.8 Å². The lowest BCUT2D eigenvalue weighted by atomic mass is 10.1. The lowest BCUT2D eigenvalue weighted by molar-refractivity contribution is 0.0606. The van der Waals surface area contributed by atoms with E-state index in [4.69, 9.17) is 9.47 Å². The quantitative estimate of drug-likeness (QED) is 0.656. The number of nitrogens with one attached hydrogen (secondary N) is 1. The Bertz CT molecular complexity index is 784. The first-order valence-electron chi connectivity index (χ1n) is 8.70. The number of ether oxygens (including phenoxy) is 3. The number of carbonyl (C=O) groups is 2. The second-order valence-corrected chi connectivity index (χ2v) is 7.44. The van der Waals surface area contributed by atoms with E-state index in [0.717, 1.165) is 23.3 Å². The molecular formula is C20H25NO5S. The Morgan fingerprint density at radius 1 is 1.07 bits per heavy atom. The van der Waals surface area contributed by atoms with Crippen LogP contribution in [-0.4, -0.2) is 32.7 Å². The van der Waals surface area contributed by atoms with E-state index in [9.17, 15) is 9.59 Å². The third kappa shape index (κ3) is 5.99. The SMILES string of the molecule is COC(=O)c1ccc(C(=O)NCc2ccc(OCCC(C)C)c(OC)c2)s1. The average Bonchev–Trinajstić information content (AvgIpc) is 3.16. The number of hydrogen-bond donors (Lipinski definition) is 1. The van der Waals surface area contributed by atoms with Gasteiger partial charge in [-0.2, -0.15) is 0 Å². The predicted molar refractivity (Wildman–Crippen MR) is 105 cm³/mol. The fourth-order valence-corrected chi connectivity index (χ4v) is 3.13. The topological polar surface area (TPSA) is 73.9 Å². The number of thiophene rings is 1. The third-order valence-electron chi connectivity index (χ3n) is 3.85. The molecule has 0 aliphatic carbocycles. The van der Waals surface area contributed by atoms with Gasteiger partial charge in [-0.3, -0.25) is 4.79 Å². The fourth-order valence-electron chi connectivity index (χ4n) is 2.29. The van der Waals surface area contributed by atoms with Crippen molar-refractivity contribution in [1.29, 1.82) is 0 Å². The van der Waals surface area contributed by atoms with E-state index in [1.54, 1.807) is 19.2 Å². The molecule has 2 aromatic rings. The standard InChI is InChI=1S/C20H25NO5S/c1-13(2)9-10-26-15-6-5-14(11-16(15)24-3)12-21-19(22)17-7-8-18(27-17)20(23)25-4/h5-8,11,13H,9-10,12H2,1-4H3,(H,21,22). The zero-order chi connectivity index (χ0) is 19.8. The molecule has 2 rings (SSSR count). The number of carbonyl (C=O) groups excluding carboxylic acids is 2. The zero-order valence-electron chi connectivity index (χ0n) is 16.0. The number of esters is 1. The minimum absolute atomic E-state index is 0.244. The molecule has 0 aliphatic rings. The molecule has 0 saturated carbocycles. The summed E-state index contributed by atoms with van der Waals surface area (Å²) in [7, 11) is 2.90. The Labute approximate surface area is 163 Å². The molecule has 1 aromatic carbocycles. The van der Waals surface area contributed by atoms with Crippen LogP contribution in [-0.2, 0) is 11.3 Å². The molecule has 1 amide bonds. The van der Waals surface area contributed by atoms with Crippen molar-refractivity contribution in [3.05, 3.63) is 45.6 Å². The molecule has 0 bridgehead atoms. The second-order valence-electron chi connectivity index (χ2n) is 6.35. The molecule has 6 nitrogen and oxygen atoms in total. The van der Waals surface area contributed by atoms with E-state index in [0.29, 0.717) is 40.3 Å². The summed E-state index contributed by atoms with van der Waals surface area (Å²) in [5.74, 6) is 1.20. The van der Waals surface area contributed by atoms with E-state index in [2.05, 4.69) is 23.9 Å². The van der Waals surface area contributed by atoms with Crippen LogP contribution in [0.15, 0.2) is 30.3 Å². The molecule has 1 aromatic heterocycles. The van der Waals surface area contributed by atoms with Crippen LogP contribution in [0.5, 0.6) is 11.5 Å². The van der Waals surface area contributed by atoms with Gasteiger partial charge >= 0.3 is 5.97 Å². The highest BCUT2D eigenvalue weighted by molar-refractivity contribution is 7.15. The Balaban J connectivity index is 1.95. The first kappa shape index (κ1) is 20.8. The van der Waals surface area contributed by atoms with Crippen LogP contribution in [0.25, 0.3) is 0 Å². The van der Waals surface area contributed by atoms with Crippen molar-refractivity contribution in [2.75, 3.05) is 20.8 Å². The Morgan fingerprint density at radius 2 is 1.81 bits per heavy atom. The molecule has 0 aliphatic heterocycles. The minimum Gasteiger partial charge on any atom is -0.493 e. The van der Waals surface area contributed by atoms with Gasteiger partial charge in [-0.25, -0.2) is 4.79 Å². The molecule has 1 heterocycles. The number of amides is 1. The maximum Gasteiger partial charge on any atom is 0.348 e. The van der Waals surface area contributed by atoms with Gasteiger partial charge < -0.3 is 19.5 Å². The first-order valence-corrected chi connectivity index (χ1v) is 9.52. The smallest absolute Gasteiger partial charge is 0.348 e. The van der Waals surface area contributed by atoms with Crippen molar-refractivity contribution >= 4 is 23.2 Å². The predicted octanol–water partition coefficient (Wildman–Crippen LogP) is 3.90. The Morgan fingerprint density at radius 3 is 2.48 bits per heavy atom. The summed E-state index contributed by atoms with van der Waals surface area (Å²) < 4.78 is 15.8. The van der Waals surface area contributed by atoms with Crippen LogP contribution in [0, 0.1) is 5.92 Å². The molecule has 0 fully saturated rings. The van der Waals surface area contributed by atoms with Crippen molar-refractivity contribution in [2.45, 2.75) is 26.8 Å². The number of hydrogen-bond acceptors (Lipinski definition) is 6. The third-order valence-corrected chi connectivity index (χ3v) is 4.91. The summed E-state index contributed by atoms with van der Waals surface area (Å²) >= 11 is 1.10. The van der Waals surface area contributed by atoms with Crippen molar-refractivity contribution in [3.8, 4) is 11.5 Å². The van der Waals surface area contributed by atoms with Gasteiger partial charge in [-0.15, -0.1) is 11.3 Å². The second kappa shape index (κ2) is 9.97. The molecule has 0 saturated heterocycles. The molecule has 27 heavy (non-hydrogen) atoms. The minimum atomic E-state index is -0.447. The van der Waals surface area contributed by atoms with Crippen LogP contribution in [0.3, 0.4) is 0 Å². The van der Waals surface area contributed by atoms with Crippen LogP contribution in [0.4, 0.5) is 0 Å². The van der Waals surface area contributed by atoms with E-state index in [1.807, 2.05) is 18.2 Å². The lowest BCUT2D eigenvalue weighted by Gasteiger charge is -2.13. The van der Waals surface area contributed by atoms with Gasteiger partial charge in [-0.05, 0) is 42.2 Å². The summed E-state index contributed by atoms with van der Waals surface area (Å²) in [4.78, 5) is 24.6. The van der Waals surface area contributed by atoms with E-state index in [-0.39, 0.29) is 5.91 Å². The van der Waals surface area contributed by atoms with Gasteiger partial charge in [0.15, 0.2) is 11.5 Å². The monoisotopic (exact) mass is 391 g/mol. The van der Waals surface area contributed by atoms with Gasteiger partial charge in [0.2, 0.25) is 0 Å². The van der Waals surface area contributed by atoms with Crippen LogP contribution >= 0.6 is 11.3 Å². The highest BCUT2D eigenvalue weighted by Gasteiger charge is 2.14. The summed E-state index contributed by atoms with van der Waals surface area (Å²) in [6, 6.07) is 8.78. The van der Waals surface area contributed by atoms with Gasteiger partial charge in [0.25, 0.3) is 5.91 Å². The maximum absolute atomic E-state index is 12.3. The van der Waals surface area contributed by atoms with Crippen molar-refractivity contribution in [2.24, 2.45) is 5.92 Å². The van der Waals surface area contributed by atoms with E-state index < -0.39 is 5.97 Å². The lowest BCUT2D eigenvalue weighted by Crippen LogP contribution is -2.21. The largest absolute Gasteiger partial charge is 0.493 e. The fraction of sp³-hybridized carbons (Fsp3) is 0.400. The highest BCUT2D eigenvalue weighted by Crippen LogP contribution is 2.28. The Kier molecular flexibility index (Phi) is 7.67. The van der Waals surface area contributed by atoms with Gasteiger partial charge in [0, 0.05) is 6.54 Å². The van der Waals surface area contributed by atoms with Crippen LogP contribution in [0.2, 0.25) is 0 Å². The summed E-state index contributed by atoms with van der Waals surface area (Å²) in [5, 5.41) is 2.84. The maximum atomic E-state index is 12.3. The van der Waals surface area contributed by atoms with Crippen molar-refractivity contribution in [3.63, 3.8) is 0 Å². The average molecular weight is 391 g/mol. The molecule has 146 valence electrons. The molecular weight excluding hydrogens is 366 g/mol. The first-order chi connectivity index (χ1) is 12.9. The molecule has 0 radical (unpaired) electrons. The summed E-state index contributed by atoms with van der Waals surface area (Å²) in [5.41, 5.74) is 0.890. The van der Waals surface area contributed by atoms with E-state index >= 15 is 0 Å². The zero-order valence-corrected chi connectivity index (χ0v) is 16.9. The summed E-state index contributed by atoms with van der Waals surface area (Å²) in [6.07, 6.45) is 0.968. The van der Waals surface area contributed by atoms with E-state index in [1.165, 1.54) is 7.11 Å².